The van der Waals surface area contributed by atoms with Crippen LogP contribution in [0.1, 0.15) is 219 Å². The molecule has 0 saturated carbocycles. The van der Waals surface area contributed by atoms with Gasteiger partial charge >= 0.3 is 0 Å². The number of quaternary nitrogens is 2. The van der Waals surface area contributed by atoms with Gasteiger partial charge in [-0.2, -0.15) is 0 Å². The van der Waals surface area contributed by atoms with Crippen molar-refractivity contribution in [3.05, 3.63) is 0 Å². The Morgan fingerprint density at radius 2 is 0.500 bits per heavy atom. The Kier molecular flexibility index (Phi) is 43.2. The van der Waals surface area contributed by atoms with Gasteiger partial charge in [0.05, 0.1) is 55.4 Å². The van der Waals surface area contributed by atoms with Crippen molar-refractivity contribution in [2.24, 2.45) is 0 Å². The molecule has 0 radical (unpaired) electrons. The van der Waals surface area contributed by atoms with Crippen LogP contribution in [0, 0.1) is 0 Å². The van der Waals surface area contributed by atoms with Crippen molar-refractivity contribution >= 4 is 11.9 Å². The molecule has 50 heavy (non-hydrogen) atoms. The summed E-state index contributed by atoms with van der Waals surface area (Å²) < 4.78 is 2.25. The summed E-state index contributed by atoms with van der Waals surface area (Å²) in [5.41, 5.74) is 0. The van der Waals surface area contributed by atoms with E-state index in [0.29, 0.717) is 12.8 Å². The van der Waals surface area contributed by atoms with Crippen LogP contribution in [0.25, 0.3) is 0 Å². The minimum Gasteiger partial charge on any atom is -0.550 e. The van der Waals surface area contributed by atoms with Gasteiger partial charge in [0.25, 0.3) is 0 Å². The molecular formula is C44H92N2O4. The van der Waals surface area contributed by atoms with Crippen LogP contribution in [0.15, 0.2) is 0 Å². The van der Waals surface area contributed by atoms with E-state index in [1.165, 1.54) is 193 Å². The largest absolute Gasteiger partial charge is 0.550 e. The molecule has 0 aromatic heterocycles. The molecule has 0 rings (SSSR count). The molecule has 0 fully saturated rings. The van der Waals surface area contributed by atoms with Crippen molar-refractivity contribution in [2.75, 3.05) is 55.4 Å². The van der Waals surface area contributed by atoms with Crippen molar-refractivity contribution in [3.8, 4) is 0 Å². The molecule has 0 spiro atoms. The van der Waals surface area contributed by atoms with E-state index in [0.717, 1.165) is 8.97 Å². The lowest BCUT2D eigenvalue weighted by Crippen LogP contribution is -2.35. The van der Waals surface area contributed by atoms with Gasteiger partial charge in [0.15, 0.2) is 0 Å². The number of rotatable bonds is 35. The van der Waals surface area contributed by atoms with E-state index >= 15 is 0 Å². The van der Waals surface area contributed by atoms with E-state index in [4.69, 9.17) is 0 Å². The molecular weight excluding hydrogens is 620 g/mol. The zero-order chi connectivity index (χ0) is 38.2. The van der Waals surface area contributed by atoms with Crippen molar-refractivity contribution < 1.29 is 28.8 Å². The van der Waals surface area contributed by atoms with Crippen LogP contribution in [0.5, 0.6) is 0 Å². The summed E-state index contributed by atoms with van der Waals surface area (Å²) in [6.45, 7) is 7.25. The maximum atomic E-state index is 9.77. The molecule has 302 valence electrons. The topological polar surface area (TPSA) is 80.3 Å². The van der Waals surface area contributed by atoms with Gasteiger partial charge in [-0.3, -0.25) is 0 Å². The fraction of sp³-hybridized carbons (Fsp3) is 0.955. The summed E-state index contributed by atoms with van der Waals surface area (Å²) in [4.78, 5) is 19.5. The van der Waals surface area contributed by atoms with Crippen LogP contribution in [-0.4, -0.2) is 76.3 Å². The third kappa shape index (κ3) is 62.0. The van der Waals surface area contributed by atoms with Crippen LogP contribution in [0.3, 0.4) is 0 Å². The van der Waals surface area contributed by atoms with Crippen LogP contribution in [0.4, 0.5) is 0 Å². The Morgan fingerprint density at radius 1 is 0.320 bits per heavy atom. The van der Waals surface area contributed by atoms with Crippen molar-refractivity contribution in [1.29, 1.82) is 0 Å². The van der Waals surface area contributed by atoms with Gasteiger partial charge in [0.2, 0.25) is 0 Å². The first-order chi connectivity index (χ1) is 23.7. The molecule has 6 nitrogen and oxygen atoms in total. The number of hydrogen-bond acceptors (Lipinski definition) is 4. The van der Waals surface area contributed by atoms with Crippen LogP contribution in [0.2, 0.25) is 0 Å². The third-order valence-electron chi connectivity index (χ3n) is 9.38. The van der Waals surface area contributed by atoms with Gasteiger partial charge in [-0.05, 0) is 51.4 Å². The van der Waals surface area contributed by atoms with Crippen molar-refractivity contribution in [3.63, 3.8) is 0 Å². The van der Waals surface area contributed by atoms with E-state index in [1.54, 1.807) is 0 Å². The SMILES string of the molecule is CCCCCCCCCCCCCCCC[N+](C)(C)C.CCCCCCCCCCCCCCCC[N+](C)(C)C.O=C([O-])CCCCC(=O)[O-]. The first-order valence-corrected chi connectivity index (χ1v) is 21.8. The molecule has 0 aliphatic carbocycles. The molecule has 0 heterocycles. The third-order valence-corrected chi connectivity index (χ3v) is 9.38. The number of hydrogen-bond donors (Lipinski definition) is 0. The lowest BCUT2D eigenvalue weighted by molar-refractivity contribution is -0.870. The Balaban J connectivity index is -0.000000701. The van der Waals surface area contributed by atoms with Crippen LogP contribution < -0.4 is 10.2 Å². The molecule has 0 aromatic carbocycles. The van der Waals surface area contributed by atoms with Gasteiger partial charge in [0, 0.05) is 11.9 Å². The van der Waals surface area contributed by atoms with E-state index < -0.39 is 11.9 Å². The van der Waals surface area contributed by atoms with Crippen molar-refractivity contribution in [2.45, 2.75) is 219 Å². The minimum atomic E-state index is -1.14. The summed E-state index contributed by atoms with van der Waals surface area (Å²) in [6, 6.07) is 0. The maximum absolute atomic E-state index is 9.77. The molecule has 0 saturated heterocycles. The lowest BCUT2D eigenvalue weighted by atomic mass is 10.0. The first kappa shape index (κ1) is 53.2. The van der Waals surface area contributed by atoms with Crippen LogP contribution >= 0.6 is 0 Å². The number of nitrogens with zero attached hydrogens (tertiary/aromatic N) is 2. The molecule has 6 heteroatoms. The summed E-state index contributed by atoms with van der Waals surface area (Å²) >= 11 is 0. The Bertz CT molecular complexity index is 626. The molecule has 0 aliphatic rings. The molecule has 0 aromatic rings. The van der Waals surface area contributed by atoms with Gasteiger partial charge in [0.1, 0.15) is 0 Å². The van der Waals surface area contributed by atoms with E-state index in [2.05, 4.69) is 56.1 Å². The number of carboxylic acid groups (broad SMARTS) is 2. The fourth-order valence-corrected chi connectivity index (χ4v) is 6.10. The predicted molar refractivity (Wildman–Crippen MR) is 215 cm³/mol. The average molecular weight is 713 g/mol. The highest BCUT2D eigenvalue weighted by atomic mass is 16.4. The van der Waals surface area contributed by atoms with E-state index in [9.17, 15) is 19.8 Å². The number of aliphatic carboxylic acids is 2. The van der Waals surface area contributed by atoms with Crippen molar-refractivity contribution in [1.82, 2.24) is 0 Å². The molecule has 0 amide bonds. The van der Waals surface area contributed by atoms with Gasteiger partial charge in [-0.1, -0.05) is 168 Å². The zero-order valence-corrected chi connectivity index (χ0v) is 35.6. The Labute approximate surface area is 314 Å². The Morgan fingerprint density at radius 3 is 0.660 bits per heavy atom. The Hall–Kier alpha value is -1.14. The molecule has 0 N–H and O–H groups in total. The number of carbonyl (C=O) groups excluding carboxylic acids is 2. The second-order valence-corrected chi connectivity index (χ2v) is 17.2. The highest BCUT2D eigenvalue weighted by Crippen LogP contribution is 2.14. The minimum absolute atomic E-state index is 0.0761. The highest BCUT2D eigenvalue weighted by Gasteiger charge is 2.06. The normalized spacial score (nSPS) is 11.4. The monoisotopic (exact) mass is 713 g/mol. The zero-order valence-electron chi connectivity index (χ0n) is 35.6. The fourth-order valence-electron chi connectivity index (χ4n) is 6.10. The summed E-state index contributed by atoms with van der Waals surface area (Å²) in [5.74, 6) is -2.28. The molecule has 0 bridgehead atoms. The molecule has 0 unspecified atom stereocenters. The van der Waals surface area contributed by atoms with Crippen LogP contribution in [-0.2, 0) is 9.59 Å². The summed E-state index contributed by atoms with van der Waals surface area (Å²) in [7, 11) is 13.8. The standard InChI is InChI=1S/2C19H42N.C6H10O4/c2*1-5-6-7-8-9-10-11-12-13-14-15-16-17-18-19-20(2,3)4;7-5(8)3-1-2-4-6(9)10/h2*5-19H2,1-4H3;1-4H2,(H,7,8)(H,9,10)/q2*+1;/p-2. The predicted octanol–water partition coefficient (Wildman–Crippen LogP) is 10.4. The summed E-state index contributed by atoms with van der Waals surface area (Å²) in [5, 5.41) is 19.5. The van der Waals surface area contributed by atoms with Gasteiger partial charge < -0.3 is 28.8 Å². The number of carbonyl (C=O) groups is 2. The number of unbranched alkanes of at least 4 members (excludes halogenated alkanes) is 27. The first-order valence-electron chi connectivity index (χ1n) is 21.8. The number of carboxylic acids is 2. The molecule has 0 aliphatic heterocycles. The lowest BCUT2D eigenvalue weighted by Gasteiger charge is -2.23. The molecule has 0 atom stereocenters. The van der Waals surface area contributed by atoms with E-state index in [-0.39, 0.29) is 12.8 Å². The quantitative estimate of drug-likeness (QED) is 0.0484. The second kappa shape index (κ2) is 40.6. The highest BCUT2D eigenvalue weighted by molar-refractivity contribution is 5.65. The second-order valence-electron chi connectivity index (χ2n) is 17.2. The smallest absolute Gasteiger partial charge is 0.0780 e. The van der Waals surface area contributed by atoms with E-state index in [1.807, 2.05) is 0 Å². The summed E-state index contributed by atoms with van der Waals surface area (Å²) in [6.07, 6.45) is 41.3. The van der Waals surface area contributed by atoms with Gasteiger partial charge in [-0.15, -0.1) is 0 Å². The maximum Gasteiger partial charge on any atom is 0.0780 e. The average Bonchev–Trinajstić information content (AvgIpc) is 3.03. The van der Waals surface area contributed by atoms with Gasteiger partial charge in [-0.25, -0.2) is 0 Å².